The zero-order valence-electron chi connectivity index (χ0n) is 21.2. The average Bonchev–Trinajstić information content (AvgIpc) is 3.65. The van der Waals surface area contributed by atoms with Gasteiger partial charge in [-0.1, -0.05) is 6.08 Å². The number of aliphatic hydroxyl groups excluding tert-OH is 2. The summed E-state index contributed by atoms with van der Waals surface area (Å²) >= 11 is 0. The highest BCUT2D eigenvalue weighted by Gasteiger charge is 2.51. The molecule has 1 saturated carbocycles. The van der Waals surface area contributed by atoms with E-state index in [-0.39, 0.29) is 19.1 Å². The van der Waals surface area contributed by atoms with E-state index >= 15 is 0 Å². The molecule has 2 amide bonds. The van der Waals surface area contributed by atoms with E-state index in [1.807, 2.05) is 6.08 Å². The van der Waals surface area contributed by atoms with Gasteiger partial charge < -0.3 is 29.9 Å². The molecule has 0 bridgehead atoms. The predicted octanol–water partition coefficient (Wildman–Crippen LogP) is 2.12. The molecule has 0 spiro atoms. The zero-order valence-corrected chi connectivity index (χ0v) is 21.2. The molecule has 4 atom stereocenters. The molecule has 1 heterocycles. The number of rotatable bonds is 13. The summed E-state index contributed by atoms with van der Waals surface area (Å²) < 4.78 is 11.7. The molecule has 2 aliphatic carbocycles. The third-order valence-electron chi connectivity index (χ3n) is 7.29. The van der Waals surface area contributed by atoms with E-state index in [9.17, 15) is 24.6 Å². The Morgan fingerprint density at radius 2 is 2.08 bits per heavy atom. The van der Waals surface area contributed by atoms with E-state index in [2.05, 4.69) is 11.9 Å². The van der Waals surface area contributed by atoms with Gasteiger partial charge in [0.25, 0.3) is 0 Å². The quantitative estimate of drug-likeness (QED) is 0.210. The fraction of sp³-hybridized carbons (Fsp3) is 0.536. The Morgan fingerprint density at radius 1 is 1.30 bits per heavy atom. The largest absolute Gasteiger partial charge is 0.493 e. The third-order valence-corrected chi connectivity index (χ3v) is 7.29. The maximum absolute atomic E-state index is 13.4. The molecule has 9 heteroatoms. The van der Waals surface area contributed by atoms with Crippen molar-refractivity contribution in [2.75, 3.05) is 26.8 Å². The van der Waals surface area contributed by atoms with Crippen molar-refractivity contribution in [2.45, 2.75) is 62.7 Å². The minimum atomic E-state index is -1.10. The number of nitrogens with one attached hydrogen (secondary N) is 1. The minimum Gasteiger partial charge on any atom is -0.493 e. The van der Waals surface area contributed by atoms with Crippen LogP contribution in [0.4, 0.5) is 0 Å². The molecule has 0 unspecified atom stereocenters. The van der Waals surface area contributed by atoms with Crippen molar-refractivity contribution in [1.82, 2.24) is 10.2 Å². The number of carbonyl (C=O) groups is 3. The number of aldehydes is 1. The summed E-state index contributed by atoms with van der Waals surface area (Å²) in [5, 5.41) is 23.5. The molecule has 3 aliphatic rings. The first-order valence-corrected chi connectivity index (χ1v) is 13.0. The van der Waals surface area contributed by atoms with E-state index in [0.717, 1.165) is 25.7 Å². The summed E-state index contributed by atoms with van der Waals surface area (Å²) in [4.78, 5) is 40.0. The maximum Gasteiger partial charge on any atom is 0.247 e. The van der Waals surface area contributed by atoms with E-state index in [1.165, 1.54) is 7.11 Å². The monoisotopic (exact) mass is 512 g/mol. The second kappa shape index (κ2) is 11.9. The lowest BCUT2D eigenvalue weighted by molar-refractivity contribution is -0.137. The van der Waals surface area contributed by atoms with Gasteiger partial charge >= 0.3 is 0 Å². The summed E-state index contributed by atoms with van der Waals surface area (Å²) in [6.45, 7) is 4.06. The Morgan fingerprint density at radius 3 is 2.73 bits per heavy atom. The van der Waals surface area contributed by atoms with E-state index < -0.39 is 30.1 Å². The SMILES string of the molecule is C=CCCCCC(=O)N(CC1CC1)[C@@H]1C=C(C(=O)NCCO)[C@@H]2c3cc(C=O)cc(OC)c3O[C@@H]2[C@H]1O. The molecule has 1 fully saturated rings. The molecule has 37 heavy (non-hydrogen) atoms. The van der Waals surface area contributed by atoms with Crippen LogP contribution in [0.1, 0.15) is 60.4 Å². The van der Waals surface area contributed by atoms with Crippen LogP contribution < -0.4 is 14.8 Å². The molecular weight excluding hydrogens is 476 g/mol. The van der Waals surface area contributed by atoms with Crippen molar-refractivity contribution in [3.63, 3.8) is 0 Å². The van der Waals surface area contributed by atoms with Gasteiger partial charge in [0.1, 0.15) is 18.5 Å². The number of amides is 2. The fourth-order valence-electron chi connectivity index (χ4n) is 5.24. The van der Waals surface area contributed by atoms with Gasteiger partial charge in [-0.25, -0.2) is 0 Å². The summed E-state index contributed by atoms with van der Waals surface area (Å²) in [6.07, 6.45) is 7.01. The number of carbonyl (C=O) groups excluding carboxylic acids is 3. The molecule has 0 aromatic heterocycles. The summed E-state index contributed by atoms with van der Waals surface area (Å²) in [5.74, 6) is -0.0775. The van der Waals surface area contributed by atoms with Crippen LogP contribution in [0.25, 0.3) is 0 Å². The Kier molecular flexibility index (Phi) is 8.66. The topological polar surface area (TPSA) is 125 Å². The van der Waals surface area contributed by atoms with E-state index in [4.69, 9.17) is 9.47 Å². The van der Waals surface area contributed by atoms with Crippen molar-refractivity contribution in [1.29, 1.82) is 0 Å². The van der Waals surface area contributed by atoms with Gasteiger partial charge in [0.05, 0.1) is 25.7 Å². The molecule has 1 aliphatic heterocycles. The normalized spacial score (nSPS) is 23.7. The molecule has 200 valence electrons. The van der Waals surface area contributed by atoms with Gasteiger partial charge in [-0.2, -0.15) is 0 Å². The molecule has 4 rings (SSSR count). The zero-order chi connectivity index (χ0) is 26.5. The molecule has 9 nitrogen and oxygen atoms in total. The number of allylic oxidation sites excluding steroid dienone is 1. The molecule has 3 N–H and O–H groups in total. The number of fused-ring (bicyclic) bond motifs is 3. The molecular formula is C28H36N2O7. The van der Waals surface area contributed by atoms with Gasteiger partial charge in [-0.05, 0) is 56.2 Å². The summed E-state index contributed by atoms with van der Waals surface area (Å²) in [6, 6.07) is 2.44. The van der Waals surface area contributed by atoms with Gasteiger partial charge in [-0.3, -0.25) is 14.4 Å². The van der Waals surface area contributed by atoms with Crippen LogP contribution in [0.5, 0.6) is 11.5 Å². The van der Waals surface area contributed by atoms with E-state index in [1.54, 1.807) is 23.1 Å². The molecule has 0 radical (unpaired) electrons. The smallest absolute Gasteiger partial charge is 0.247 e. The lowest BCUT2D eigenvalue weighted by Gasteiger charge is -2.41. The van der Waals surface area contributed by atoms with Gasteiger partial charge in [0, 0.05) is 36.2 Å². The highest BCUT2D eigenvalue weighted by molar-refractivity contribution is 5.96. The number of hydrogen-bond donors (Lipinski definition) is 3. The fourth-order valence-corrected chi connectivity index (χ4v) is 5.24. The molecule has 1 aromatic rings. The number of ether oxygens (including phenoxy) is 2. The first kappa shape index (κ1) is 26.9. The van der Waals surface area contributed by atoms with Crippen LogP contribution in [-0.4, -0.2) is 78.3 Å². The van der Waals surface area contributed by atoms with Crippen LogP contribution in [0, 0.1) is 5.92 Å². The second-order valence-electron chi connectivity index (χ2n) is 9.93. The number of hydrogen-bond acceptors (Lipinski definition) is 7. The maximum atomic E-state index is 13.4. The second-order valence-corrected chi connectivity index (χ2v) is 9.93. The number of benzene rings is 1. The first-order chi connectivity index (χ1) is 17.9. The number of unbranched alkanes of at least 4 members (excludes halogenated alkanes) is 2. The van der Waals surface area contributed by atoms with Crippen molar-refractivity contribution >= 4 is 18.1 Å². The lowest BCUT2D eigenvalue weighted by Crippen LogP contribution is -2.56. The van der Waals surface area contributed by atoms with Crippen LogP contribution in [0.15, 0.2) is 36.4 Å². The highest BCUT2D eigenvalue weighted by atomic mass is 16.5. The lowest BCUT2D eigenvalue weighted by atomic mass is 9.77. The number of aliphatic hydroxyl groups is 2. The highest BCUT2D eigenvalue weighted by Crippen LogP contribution is 2.51. The average molecular weight is 513 g/mol. The van der Waals surface area contributed by atoms with Gasteiger partial charge in [-0.15, -0.1) is 6.58 Å². The third kappa shape index (κ3) is 5.72. The Labute approximate surface area is 217 Å². The Hall–Kier alpha value is -3.17. The van der Waals surface area contributed by atoms with Gasteiger partial charge in [0.15, 0.2) is 11.5 Å². The number of methoxy groups -OCH3 is 1. The molecule has 1 aromatic carbocycles. The van der Waals surface area contributed by atoms with Crippen molar-refractivity contribution in [3.05, 3.63) is 47.6 Å². The van der Waals surface area contributed by atoms with Crippen molar-refractivity contribution < 1.29 is 34.1 Å². The summed E-state index contributed by atoms with van der Waals surface area (Å²) in [7, 11) is 1.46. The van der Waals surface area contributed by atoms with Crippen LogP contribution in [-0.2, 0) is 9.59 Å². The minimum absolute atomic E-state index is 0.0558. The Bertz CT molecular complexity index is 1060. The van der Waals surface area contributed by atoms with Crippen molar-refractivity contribution in [3.8, 4) is 11.5 Å². The molecule has 0 saturated heterocycles. The van der Waals surface area contributed by atoms with Crippen molar-refractivity contribution in [2.24, 2.45) is 5.92 Å². The Balaban J connectivity index is 1.72. The van der Waals surface area contributed by atoms with Crippen LogP contribution >= 0.6 is 0 Å². The van der Waals surface area contributed by atoms with Crippen LogP contribution in [0.2, 0.25) is 0 Å². The summed E-state index contributed by atoms with van der Waals surface area (Å²) in [5.41, 5.74) is 1.26. The first-order valence-electron chi connectivity index (χ1n) is 13.0. The van der Waals surface area contributed by atoms with E-state index in [0.29, 0.717) is 59.8 Å². The predicted molar refractivity (Wildman–Crippen MR) is 137 cm³/mol. The number of nitrogens with zero attached hydrogens (tertiary/aromatic N) is 1. The van der Waals surface area contributed by atoms with Crippen LogP contribution in [0.3, 0.4) is 0 Å². The van der Waals surface area contributed by atoms with Gasteiger partial charge in [0.2, 0.25) is 11.8 Å². The standard InChI is InChI=1S/C28H36N2O7/c1-3-4-5-6-7-23(33)30(15-17-8-9-17)21-14-20(28(35)29-10-11-31)24-19-12-18(16-32)13-22(36-2)26(19)37-27(24)25(21)34/h3,12-14,16-17,21,24-25,27,31,34H,1,4-11,15H2,2H3,(H,29,35)/t21-,24+,25+,27+/m1/s1.